The Balaban J connectivity index is 0.00000180. The Bertz CT molecular complexity index is 403. The summed E-state index contributed by atoms with van der Waals surface area (Å²) >= 11 is 0. The van der Waals surface area contributed by atoms with Crippen LogP contribution in [-0.2, 0) is 4.79 Å². The third kappa shape index (κ3) is 5.11. The van der Waals surface area contributed by atoms with Crippen molar-refractivity contribution in [1.29, 1.82) is 0 Å². The van der Waals surface area contributed by atoms with E-state index in [-0.39, 0.29) is 18.3 Å². The van der Waals surface area contributed by atoms with Gasteiger partial charge in [-0.25, -0.2) is 0 Å². The van der Waals surface area contributed by atoms with Crippen LogP contribution in [0.5, 0.6) is 0 Å². The van der Waals surface area contributed by atoms with Crippen LogP contribution >= 0.6 is 12.4 Å². The normalized spacial score (nSPS) is 15.6. The Labute approximate surface area is 121 Å². The topological polar surface area (TPSA) is 55.1 Å². The summed E-state index contributed by atoms with van der Waals surface area (Å²) < 4.78 is 0. The van der Waals surface area contributed by atoms with Crippen molar-refractivity contribution in [2.75, 3.05) is 11.1 Å². The maximum Gasteiger partial charge on any atom is 0.224 e. The van der Waals surface area contributed by atoms with Gasteiger partial charge in [0, 0.05) is 6.42 Å². The summed E-state index contributed by atoms with van der Waals surface area (Å²) in [6.45, 7) is 0. The molecule has 0 bridgehead atoms. The third-order valence-corrected chi connectivity index (χ3v) is 3.74. The van der Waals surface area contributed by atoms with Gasteiger partial charge in [-0.1, -0.05) is 44.2 Å². The second-order valence-corrected chi connectivity index (χ2v) is 5.18. The van der Waals surface area contributed by atoms with Crippen LogP contribution in [0.3, 0.4) is 0 Å². The summed E-state index contributed by atoms with van der Waals surface area (Å²) in [7, 11) is 0. The minimum absolute atomic E-state index is 0. The number of hydrogen-bond donors (Lipinski definition) is 2. The molecule has 1 fully saturated rings. The van der Waals surface area contributed by atoms with Crippen LogP contribution in [-0.4, -0.2) is 5.91 Å². The minimum Gasteiger partial charge on any atom is -0.397 e. The maximum absolute atomic E-state index is 11.8. The average molecular weight is 283 g/mol. The first-order valence-corrected chi connectivity index (χ1v) is 6.90. The van der Waals surface area contributed by atoms with Gasteiger partial charge in [-0.05, 0) is 24.5 Å². The molecule has 0 atom stereocenters. The smallest absolute Gasteiger partial charge is 0.224 e. The lowest BCUT2D eigenvalue weighted by molar-refractivity contribution is -0.116. The van der Waals surface area contributed by atoms with Crippen LogP contribution in [0, 0.1) is 5.92 Å². The van der Waals surface area contributed by atoms with E-state index in [4.69, 9.17) is 5.73 Å². The largest absolute Gasteiger partial charge is 0.397 e. The van der Waals surface area contributed by atoms with E-state index in [1.165, 1.54) is 32.1 Å². The molecule has 0 aromatic heterocycles. The van der Waals surface area contributed by atoms with Crippen molar-refractivity contribution >= 4 is 29.7 Å². The van der Waals surface area contributed by atoms with Crippen molar-refractivity contribution in [2.45, 2.75) is 44.9 Å². The highest BCUT2D eigenvalue weighted by molar-refractivity contribution is 5.93. The zero-order chi connectivity index (χ0) is 12.8. The fraction of sp³-hybridized carbons (Fsp3) is 0.533. The van der Waals surface area contributed by atoms with Crippen LogP contribution in [0.2, 0.25) is 0 Å². The van der Waals surface area contributed by atoms with E-state index in [1.54, 1.807) is 6.07 Å². The second-order valence-electron chi connectivity index (χ2n) is 5.18. The predicted molar refractivity (Wildman–Crippen MR) is 82.5 cm³/mol. The quantitative estimate of drug-likeness (QED) is 0.821. The molecular weight excluding hydrogens is 260 g/mol. The summed E-state index contributed by atoms with van der Waals surface area (Å²) in [5, 5.41) is 2.89. The first-order valence-electron chi connectivity index (χ1n) is 6.90. The average Bonchev–Trinajstić information content (AvgIpc) is 2.40. The number of nitrogens with two attached hydrogens (primary N) is 1. The van der Waals surface area contributed by atoms with Crippen molar-refractivity contribution in [3.05, 3.63) is 24.3 Å². The van der Waals surface area contributed by atoms with Crippen LogP contribution in [0.1, 0.15) is 44.9 Å². The molecule has 0 unspecified atom stereocenters. The Hall–Kier alpha value is -1.22. The lowest BCUT2D eigenvalue weighted by Crippen LogP contribution is -2.15. The van der Waals surface area contributed by atoms with Gasteiger partial charge >= 0.3 is 0 Å². The Morgan fingerprint density at radius 1 is 1.21 bits per heavy atom. The molecule has 3 nitrogen and oxygen atoms in total. The van der Waals surface area contributed by atoms with Gasteiger partial charge in [-0.2, -0.15) is 0 Å². The molecule has 1 aromatic carbocycles. The number of halogens is 1. The number of amides is 1. The number of carbonyl (C=O) groups excluding carboxylic acids is 1. The zero-order valence-electron chi connectivity index (χ0n) is 11.2. The number of carbonyl (C=O) groups is 1. The number of nitrogen functional groups attached to an aromatic ring is 1. The highest BCUT2D eigenvalue weighted by atomic mass is 35.5. The van der Waals surface area contributed by atoms with Crippen molar-refractivity contribution in [1.82, 2.24) is 0 Å². The van der Waals surface area contributed by atoms with Crippen LogP contribution in [0.25, 0.3) is 0 Å². The number of hydrogen-bond acceptors (Lipinski definition) is 2. The molecule has 0 saturated heterocycles. The highest BCUT2D eigenvalue weighted by Gasteiger charge is 2.15. The molecule has 3 N–H and O–H groups in total. The van der Waals surface area contributed by atoms with Gasteiger partial charge in [-0.15, -0.1) is 12.4 Å². The molecule has 1 amide bonds. The molecule has 4 heteroatoms. The van der Waals surface area contributed by atoms with E-state index in [0.29, 0.717) is 12.1 Å². The van der Waals surface area contributed by atoms with Gasteiger partial charge < -0.3 is 11.1 Å². The predicted octanol–water partition coefficient (Wildman–Crippen LogP) is 3.99. The SMILES string of the molecule is Cl.Nc1ccccc1NC(=O)CCC1CCCCC1. The van der Waals surface area contributed by atoms with Gasteiger partial charge in [0.05, 0.1) is 11.4 Å². The van der Waals surface area contributed by atoms with Gasteiger partial charge in [0.25, 0.3) is 0 Å². The summed E-state index contributed by atoms with van der Waals surface area (Å²) in [6.07, 6.45) is 8.23. The zero-order valence-corrected chi connectivity index (χ0v) is 12.0. The van der Waals surface area contributed by atoms with Crippen molar-refractivity contribution in [3.8, 4) is 0 Å². The molecule has 0 radical (unpaired) electrons. The molecule has 0 heterocycles. The fourth-order valence-electron chi connectivity index (χ4n) is 2.63. The summed E-state index contributed by atoms with van der Waals surface area (Å²) in [5.41, 5.74) is 7.15. The second kappa shape index (κ2) is 8.05. The first kappa shape index (κ1) is 15.8. The molecule has 2 rings (SSSR count). The van der Waals surface area contributed by atoms with Crippen molar-refractivity contribution < 1.29 is 4.79 Å². The lowest BCUT2D eigenvalue weighted by Gasteiger charge is -2.21. The molecule has 19 heavy (non-hydrogen) atoms. The van der Waals surface area contributed by atoms with Crippen LogP contribution < -0.4 is 11.1 Å². The maximum atomic E-state index is 11.8. The molecular formula is C15H23ClN2O. The summed E-state index contributed by atoms with van der Waals surface area (Å²) in [6, 6.07) is 7.39. The lowest BCUT2D eigenvalue weighted by atomic mass is 9.86. The van der Waals surface area contributed by atoms with E-state index in [9.17, 15) is 4.79 Å². The van der Waals surface area contributed by atoms with Crippen molar-refractivity contribution in [2.24, 2.45) is 5.92 Å². The summed E-state index contributed by atoms with van der Waals surface area (Å²) in [4.78, 5) is 11.8. The number of para-hydroxylation sites is 2. The number of benzene rings is 1. The van der Waals surface area contributed by atoms with E-state index >= 15 is 0 Å². The third-order valence-electron chi connectivity index (χ3n) is 3.74. The minimum atomic E-state index is 0. The fourth-order valence-corrected chi connectivity index (χ4v) is 2.63. The van der Waals surface area contributed by atoms with Gasteiger partial charge in [0.2, 0.25) is 5.91 Å². The summed E-state index contributed by atoms with van der Waals surface area (Å²) in [5.74, 6) is 0.830. The number of anilines is 2. The monoisotopic (exact) mass is 282 g/mol. The van der Waals surface area contributed by atoms with E-state index < -0.39 is 0 Å². The molecule has 1 aliphatic carbocycles. The van der Waals surface area contributed by atoms with Gasteiger partial charge in [0.1, 0.15) is 0 Å². The Morgan fingerprint density at radius 3 is 2.58 bits per heavy atom. The van der Waals surface area contributed by atoms with E-state index in [0.717, 1.165) is 18.0 Å². The number of nitrogens with one attached hydrogen (secondary N) is 1. The van der Waals surface area contributed by atoms with Crippen LogP contribution in [0.15, 0.2) is 24.3 Å². The molecule has 0 aliphatic heterocycles. The Kier molecular flexibility index (Phi) is 6.71. The molecule has 106 valence electrons. The van der Waals surface area contributed by atoms with Gasteiger partial charge in [0.15, 0.2) is 0 Å². The Morgan fingerprint density at radius 2 is 1.89 bits per heavy atom. The van der Waals surface area contributed by atoms with E-state index in [2.05, 4.69) is 5.32 Å². The number of rotatable bonds is 4. The molecule has 1 aliphatic rings. The standard InChI is InChI=1S/C15H22N2O.ClH/c16-13-8-4-5-9-14(13)17-15(18)11-10-12-6-2-1-3-7-12;/h4-5,8-9,12H,1-3,6-7,10-11,16H2,(H,17,18);1H. The first-order chi connectivity index (χ1) is 8.75. The van der Waals surface area contributed by atoms with Crippen LogP contribution in [0.4, 0.5) is 11.4 Å². The molecule has 1 saturated carbocycles. The molecule has 1 aromatic rings. The van der Waals surface area contributed by atoms with Crippen molar-refractivity contribution in [3.63, 3.8) is 0 Å². The van der Waals surface area contributed by atoms with E-state index in [1.807, 2.05) is 18.2 Å². The van der Waals surface area contributed by atoms with Gasteiger partial charge in [-0.3, -0.25) is 4.79 Å². The molecule has 0 spiro atoms. The highest BCUT2D eigenvalue weighted by Crippen LogP contribution is 2.27.